The molecule has 0 saturated heterocycles. The molecule has 0 radical (unpaired) electrons. The molecule has 0 aliphatic heterocycles. The quantitative estimate of drug-likeness (QED) is 0.699. The lowest BCUT2D eigenvalue weighted by Crippen LogP contribution is -2.30. The van der Waals surface area contributed by atoms with Gasteiger partial charge in [-0.2, -0.15) is 0 Å². The number of allylic oxidation sites excluding steroid dienone is 1. The Morgan fingerprint density at radius 2 is 1.88 bits per heavy atom. The Morgan fingerprint density at radius 1 is 1.24 bits per heavy atom. The molecule has 0 heterocycles. The van der Waals surface area contributed by atoms with Crippen LogP contribution in [0.5, 0.6) is 0 Å². The molecule has 0 bridgehead atoms. The molecule has 3 aliphatic rings. The van der Waals surface area contributed by atoms with Gasteiger partial charge in [-0.1, -0.05) is 26.3 Å². The van der Waals surface area contributed by atoms with Gasteiger partial charge >= 0.3 is 0 Å². The summed E-state index contributed by atoms with van der Waals surface area (Å²) in [6, 6.07) is 0. The average molecular weight is 234 g/mol. The summed E-state index contributed by atoms with van der Waals surface area (Å²) in [4.78, 5) is 11.9. The smallest absolute Gasteiger partial charge is 0.159 e. The van der Waals surface area contributed by atoms with E-state index < -0.39 is 5.60 Å². The van der Waals surface area contributed by atoms with Crippen molar-refractivity contribution in [2.75, 3.05) is 0 Å². The van der Waals surface area contributed by atoms with E-state index in [-0.39, 0.29) is 16.7 Å². The van der Waals surface area contributed by atoms with Gasteiger partial charge in [0.05, 0.1) is 5.60 Å². The van der Waals surface area contributed by atoms with Gasteiger partial charge in [0.2, 0.25) is 0 Å². The van der Waals surface area contributed by atoms with Crippen molar-refractivity contribution in [2.45, 2.75) is 59.0 Å². The molecule has 3 rings (SSSR count). The highest BCUT2D eigenvalue weighted by Gasteiger charge is 2.63. The van der Waals surface area contributed by atoms with E-state index in [1.165, 1.54) is 5.57 Å². The van der Waals surface area contributed by atoms with E-state index in [0.717, 1.165) is 24.8 Å². The van der Waals surface area contributed by atoms with Crippen LogP contribution in [-0.2, 0) is 4.79 Å². The van der Waals surface area contributed by atoms with E-state index in [4.69, 9.17) is 0 Å². The number of fused-ring (bicyclic) bond motifs is 3. The van der Waals surface area contributed by atoms with Crippen LogP contribution in [0.1, 0.15) is 53.4 Å². The van der Waals surface area contributed by atoms with Gasteiger partial charge in [-0.15, -0.1) is 0 Å². The molecule has 3 aliphatic carbocycles. The number of carbonyl (C=O) groups excluding carboxylic acids is 1. The van der Waals surface area contributed by atoms with E-state index in [1.54, 1.807) is 0 Å². The zero-order valence-corrected chi connectivity index (χ0v) is 11.3. The summed E-state index contributed by atoms with van der Waals surface area (Å²) in [5.74, 6) is 0.531. The van der Waals surface area contributed by atoms with Crippen molar-refractivity contribution in [3.63, 3.8) is 0 Å². The van der Waals surface area contributed by atoms with E-state index >= 15 is 0 Å². The molecule has 0 aromatic carbocycles. The Labute approximate surface area is 103 Å². The average Bonchev–Trinajstić information content (AvgIpc) is 2.52. The molecule has 0 unspecified atom stereocenters. The minimum absolute atomic E-state index is 0.0446. The predicted octanol–water partition coefficient (Wildman–Crippen LogP) is 2.85. The van der Waals surface area contributed by atoms with Gasteiger partial charge in [0.15, 0.2) is 5.78 Å². The monoisotopic (exact) mass is 234 g/mol. The minimum atomic E-state index is -0.546. The van der Waals surface area contributed by atoms with Gasteiger partial charge in [0.25, 0.3) is 0 Å². The lowest BCUT2D eigenvalue weighted by molar-refractivity contribution is -0.116. The van der Waals surface area contributed by atoms with Gasteiger partial charge in [0.1, 0.15) is 0 Å². The van der Waals surface area contributed by atoms with Gasteiger partial charge in [0, 0.05) is 12.3 Å². The first-order chi connectivity index (χ1) is 7.67. The largest absolute Gasteiger partial charge is 0.389 e. The molecular weight excluding hydrogens is 212 g/mol. The normalized spacial score (nSPS) is 47.6. The summed E-state index contributed by atoms with van der Waals surface area (Å²) in [5.41, 5.74) is 1.86. The third-order valence-electron chi connectivity index (χ3n) is 5.26. The Balaban J connectivity index is 2.11. The maximum atomic E-state index is 11.9. The Kier molecular flexibility index (Phi) is 1.92. The van der Waals surface area contributed by atoms with Crippen LogP contribution in [0.4, 0.5) is 0 Å². The number of ketones is 1. The van der Waals surface area contributed by atoms with Crippen LogP contribution in [0.25, 0.3) is 0 Å². The van der Waals surface area contributed by atoms with E-state index in [0.29, 0.717) is 12.2 Å². The van der Waals surface area contributed by atoms with Crippen LogP contribution in [-0.4, -0.2) is 16.5 Å². The van der Waals surface area contributed by atoms with Gasteiger partial charge < -0.3 is 5.11 Å². The molecule has 0 spiro atoms. The highest BCUT2D eigenvalue weighted by Crippen LogP contribution is 2.66. The third kappa shape index (κ3) is 1.33. The van der Waals surface area contributed by atoms with Crippen molar-refractivity contribution in [3.8, 4) is 0 Å². The number of hydrogen-bond acceptors (Lipinski definition) is 2. The maximum Gasteiger partial charge on any atom is 0.159 e. The zero-order chi connectivity index (χ0) is 12.6. The molecule has 94 valence electrons. The summed E-state index contributed by atoms with van der Waals surface area (Å²) in [7, 11) is 0. The lowest BCUT2D eigenvalue weighted by atomic mass is 9.78. The van der Waals surface area contributed by atoms with Crippen molar-refractivity contribution in [2.24, 2.45) is 16.7 Å². The molecule has 1 N–H and O–H groups in total. The summed E-state index contributed by atoms with van der Waals surface area (Å²) in [5, 5.41) is 10.9. The fraction of sp³-hybridized carbons (Fsp3) is 0.800. The standard InChI is InChI=1S/C15H22O2/c1-9-11(16)6-14(4)8-15(17)7-13(2,3)5-10(15)12(9)14/h10,17H,5-8H2,1-4H3/t10-,14+,15-/m1/s1. The third-order valence-corrected chi connectivity index (χ3v) is 5.26. The topological polar surface area (TPSA) is 37.3 Å². The van der Waals surface area contributed by atoms with Gasteiger partial charge in [-0.05, 0) is 42.6 Å². The maximum absolute atomic E-state index is 11.9. The van der Waals surface area contributed by atoms with Crippen molar-refractivity contribution in [1.82, 2.24) is 0 Å². The molecule has 2 heteroatoms. The second-order valence-corrected chi connectivity index (χ2v) is 7.58. The minimum Gasteiger partial charge on any atom is -0.389 e. The summed E-state index contributed by atoms with van der Waals surface area (Å²) < 4.78 is 0. The van der Waals surface area contributed by atoms with Crippen LogP contribution in [0.3, 0.4) is 0 Å². The molecule has 0 aromatic heterocycles. The molecule has 17 heavy (non-hydrogen) atoms. The van der Waals surface area contributed by atoms with Crippen LogP contribution >= 0.6 is 0 Å². The number of hydrogen-bond donors (Lipinski definition) is 1. The van der Waals surface area contributed by atoms with Crippen LogP contribution < -0.4 is 0 Å². The van der Waals surface area contributed by atoms with Crippen molar-refractivity contribution in [1.29, 1.82) is 0 Å². The summed E-state index contributed by atoms with van der Waals surface area (Å²) >= 11 is 0. The second kappa shape index (κ2) is 2.85. The first kappa shape index (κ1) is 11.5. The van der Waals surface area contributed by atoms with E-state index in [2.05, 4.69) is 20.8 Å². The lowest BCUT2D eigenvalue weighted by Gasteiger charge is -2.28. The fourth-order valence-electron chi connectivity index (χ4n) is 5.02. The first-order valence-corrected chi connectivity index (χ1v) is 6.64. The van der Waals surface area contributed by atoms with Crippen LogP contribution in [0.15, 0.2) is 11.1 Å². The molecule has 2 fully saturated rings. The van der Waals surface area contributed by atoms with E-state index in [1.807, 2.05) is 6.92 Å². The first-order valence-electron chi connectivity index (χ1n) is 6.64. The SMILES string of the molecule is CC1=C2[C@H]3CC(C)(C)C[C@@]3(O)C[C@]2(C)CC1=O. The van der Waals surface area contributed by atoms with Crippen LogP contribution in [0, 0.1) is 16.7 Å². The Hall–Kier alpha value is -0.630. The second-order valence-electron chi connectivity index (χ2n) is 7.58. The number of Topliss-reactive ketones (excluding diaryl/α,β-unsaturated/α-hetero) is 1. The van der Waals surface area contributed by atoms with Crippen molar-refractivity contribution in [3.05, 3.63) is 11.1 Å². The predicted molar refractivity (Wildman–Crippen MR) is 66.5 cm³/mol. The number of aliphatic hydroxyl groups is 1. The number of rotatable bonds is 0. The van der Waals surface area contributed by atoms with Gasteiger partial charge in [-0.3, -0.25) is 4.79 Å². The molecule has 2 nitrogen and oxygen atoms in total. The molecule has 3 atom stereocenters. The Morgan fingerprint density at radius 3 is 2.53 bits per heavy atom. The van der Waals surface area contributed by atoms with Crippen LogP contribution in [0.2, 0.25) is 0 Å². The zero-order valence-electron chi connectivity index (χ0n) is 11.3. The summed E-state index contributed by atoms with van der Waals surface area (Å²) in [6.07, 6.45) is 3.31. The molecule has 0 amide bonds. The summed E-state index contributed by atoms with van der Waals surface area (Å²) in [6.45, 7) is 8.58. The van der Waals surface area contributed by atoms with E-state index in [9.17, 15) is 9.90 Å². The van der Waals surface area contributed by atoms with Crippen molar-refractivity contribution >= 4 is 5.78 Å². The highest BCUT2D eigenvalue weighted by atomic mass is 16.3. The fourth-order valence-corrected chi connectivity index (χ4v) is 5.02. The number of carbonyl (C=O) groups is 1. The Bertz CT molecular complexity index is 446. The molecule has 0 aromatic rings. The molecule has 2 saturated carbocycles. The molecular formula is C15H22O2. The highest BCUT2D eigenvalue weighted by molar-refractivity contribution is 5.99. The van der Waals surface area contributed by atoms with Gasteiger partial charge in [-0.25, -0.2) is 0 Å². The van der Waals surface area contributed by atoms with Crippen molar-refractivity contribution < 1.29 is 9.90 Å².